The number of hydrogen-bond donors (Lipinski definition) is 9. The van der Waals surface area contributed by atoms with Gasteiger partial charge in [0.05, 0.1) is 6.26 Å². The van der Waals surface area contributed by atoms with E-state index in [2.05, 4.69) is 31.9 Å². The Kier molecular flexibility index (Phi) is 19.8. The van der Waals surface area contributed by atoms with Gasteiger partial charge in [0.25, 0.3) is 0 Å². The molecule has 2 aromatic rings. The molecule has 1 aromatic heterocycles. The molecular weight excluding hydrogens is 728 g/mol. The van der Waals surface area contributed by atoms with E-state index in [4.69, 9.17) is 15.9 Å². The van der Waals surface area contributed by atoms with Gasteiger partial charge in [-0.05, 0) is 62.8 Å². The zero-order valence-corrected chi connectivity index (χ0v) is 32.3. The summed E-state index contributed by atoms with van der Waals surface area (Å²) in [4.78, 5) is 103. The standard InChI is InChI=1S/C38H56N8O10/c1-5-22(2)32(42-24(4)47)38(55)44-28(16-17-31(48)49)36(53)43-27(15-9-10-18-39)35(52)46-30(20-25-12-7-6-8-13-25)37(54)41-23(3)34(51)45-29(33(40)50)21-26-14-11-19-56-26/h6-8,11-14,19,22-23,27-30,32H,5,9-10,15-18,20-21,39H2,1-4H3,(H2,40,50)(H,41,54)(H,42,47)(H,43,53)(H,44,55)(H,45,51)(H,46,52)(H,48,49)/t22-,23-,27-,28-,29-,30-,32-/m0/s1. The number of carbonyl (C=O) groups is 8. The molecule has 0 saturated carbocycles. The molecule has 308 valence electrons. The Balaban J connectivity index is 2.32. The second kappa shape index (κ2) is 23.9. The molecule has 0 radical (unpaired) electrons. The number of aliphatic carboxylic acids is 1. The Morgan fingerprint density at radius 3 is 1.84 bits per heavy atom. The maximum absolute atomic E-state index is 13.9. The molecule has 0 unspecified atom stereocenters. The van der Waals surface area contributed by atoms with Crippen LogP contribution in [-0.2, 0) is 51.2 Å². The third-order valence-electron chi connectivity index (χ3n) is 9.03. The molecule has 7 atom stereocenters. The highest BCUT2D eigenvalue weighted by Crippen LogP contribution is 2.12. The second-order valence-electron chi connectivity index (χ2n) is 13.6. The number of nitrogens with two attached hydrogens (primary N) is 2. The van der Waals surface area contributed by atoms with Crippen LogP contribution in [0.1, 0.15) is 77.5 Å². The van der Waals surface area contributed by atoms with Crippen molar-refractivity contribution in [3.8, 4) is 0 Å². The molecule has 0 aliphatic heterocycles. The van der Waals surface area contributed by atoms with E-state index in [1.165, 1.54) is 20.1 Å². The summed E-state index contributed by atoms with van der Waals surface area (Å²) in [6.07, 6.45) is 1.99. The van der Waals surface area contributed by atoms with E-state index in [1.807, 2.05) is 6.92 Å². The lowest BCUT2D eigenvalue weighted by molar-refractivity contribution is -0.138. The number of primary amides is 1. The number of benzene rings is 1. The molecule has 0 fully saturated rings. The molecule has 7 amide bonds. The van der Waals surface area contributed by atoms with E-state index in [-0.39, 0.29) is 38.1 Å². The predicted molar refractivity (Wildman–Crippen MR) is 204 cm³/mol. The minimum atomic E-state index is -1.40. The summed E-state index contributed by atoms with van der Waals surface area (Å²) >= 11 is 0. The largest absolute Gasteiger partial charge is 0.481 e. The van der Waals surface area contributed by atoms with Crippen LogP contribution in [-0.4, -0.2) is 95.2 Å². The molecule has 1 aromatic carbocycles. The number of rotatable bonds is 25. The molecular formula is C38H56N8O10. The molecule has 2 rings (SSSR count). The number of furan rings is 1. The highest BCUT2D eigenvalue weighted by molar-refractivity contribution is 5.97. The Morgan fingerprint density at radius 2 is 1.29 bits per heavy atom. The van der Waals surface area contributed by atoms with Gasteiger partial charge in [-0.15, -0.1) is 0 Å². The van der Waals surface area contributed by atoms with Crippen LogP contribution in [0, 0.1) is 5.92 Å². The van der Waals surface area contributed by atoms with Crippen molar-refractivity contribution in [2.24, 2.45) is 17.4 Å². The Labute approximate surface area is 326 Å². The fraction of sp³-hybridized carbons (Fsp3) is 0.526. The van der Waals surface area contributed by atoms with Crippen molar-refractivity contribution >= 4 is 47.3 Å². The number of nitrogens with one attached hydrogen (secondary N) is 6. The lowest BCUT2D eigenvalue weighted by atomic mass is 9.97. The molecule has 0 aliphatic rings. The number of unbranched alkanes of at least 4 members (excludes halogenated alkanes) is 1. The van der Waals surface area contributed by atoms with Crippen molar-refractivity contribution in [2.45, 2.75) is 115 Å². The third kappa shape index (κ3) is 16.3. The summed E-state index contributed by atoms with van der Waals surface area (Å²) in [5.41, 5.74) is 11.8. The third-order valence-corrected chi connectivity index (χ3v) is 9.03. The molecule has 0 spiro atoms. The normalized spacial score (nSPS) is 14.7. The van der Waals surface area contributed by atoms with Crippen molar-refractivity contribution in [3.63, 3.8) is 0 Å². The van der Waals surface area contributed by atoms with E-state index in [9.17, 15) is 43.5 Å². The van der Waals surface area contributed by atoms with Crippen LogP contribution in [0.5, 0.6) is 0 Å². The Bertz CT molecular complexity index is 1620. The first-order valence-electron chi connectivity index (χ1n) is 18.6. The van der Waals surface area contributed by atoms with Gasteiger partial charge in [0.1, 0.15) is 42.0 Å². The van der Waals surface area contributed by atoms with E-state index >= 15 is 0 Å². The van der Waals surface area contributed by atoms with Crippen LogP contribution >= 0.6 is 0 Å². The zero-order valence-electron chi connectivity index (χ0n) is 32.3. The summed E-state index contributed by atoms with van der Waals surface area (Å²) in [5, 5.41) is 24.8. The number of carboxylic acid groups (broad SMARTS) is 1. The van der Waals surface area contributed by atoms with Crippen LogP contribution in [0.2, 0.25) is 0 Å². The summed E-state index contributed by atoms with van der Waals surface area (Å²) in [7, 11) is 0. The first-order valence-corrected chi connectivity index (χ1v) is 18.6. The quantitative estimate of drug-likeness (QED) is 0.0581. The van der Waals surface area contributed by atoms with Gasteiger partial charge in [-0.25, -0.2) is 0 Å². The maximum Gasteiger partial charge on any atom is 0.303 e. The van der Waals surface area contributed by atoms with Gasteiger partial charge in [-0.2, -0.15) is 0 Å². The van der Waals surface area contributed by atoms with Crippen molar-refractivity contribution in [3.05, 3.63) is 60.1 Å². The van der Waals surface area contributed by atoms with E-state index < -0.39 is 90.0 Å². The van der Waals surface area contributed by atoms with Gasteiger partial charge < -0.3 is 52.9 Å². The molecule has 18 heteroatoms. The van der Waals surface area contributed by atoms with E-state index in [1.54, 1.807) is 49.4 Å². The van der Waals surface area contributed by atoms with Crippen LogP contribution in [0.15, 0.2) is 53.1 Å². The second-order valence-corrected chi connectivity index (χ2v) is 13.6. The van der Waals surface area contributed by atoms with Gasteiger partial charge >= 0.3 is 5.97 Å². The summed E-state index contributed by atoms with van der Waals surface area (Å²) < 4.78 is 5.25. The highest BCUT2D eigenvalue weighted by Gasteiger charge is 2.33. The topological polar surface area (TPSA) is 294 Å². The lowest BCUT2D eigenvalue weighted by Gasteiger charge is -2.28. The fourth-order valence-corrected chi connectivity index (χ4v) is 5.61. The molecule has 0 saturated heterocycles. The average Bonchev–Trinajstić information content (AvgIpc) is 3.67. The van der Waals surface area contributed by atoms with Gasteiger partial charge in [-0.3, -0.25) is 38.4 Å². The summed E-state index contributed by atoms with van der Waals surface area (Å²) in [6, 6.07) is 4.68. The Hall–Kier alpha value is -5.78. The molecule has 11 N–H and O–H groups in total. The predicted octanol–water partition coefficient (Wildman–Crippen LogP) is -0.461. The minimum absolute atomic E-state index is 0.0178. The van der Waals surface area contributed by atoms with Crippen molar-refractivity contribution in [1.82, 2.24) is 31.9 Å². The van der Waals surface area contributed by atoms with Crippen molar-refractivity contribution in [1.29, 1.82) is 0 Å². The zero-order chi connectivity index (χ0) is 41.8. The number of carboxylic acids is 1. The summed E-state index contributed by atoms with van der Waals surface area (Å²) in [6.45, 7) is 6.47. The summed E-state index contributed by atoms with van der Waals surface area (Å²) in [5.74, 6) is -6.25. The van der Waals surface area contributed by atoms with Crippen LogP contribution in [0.4, 0.5) is 0 Å². The average molecular weight is 785 g/mol. The smallest absolute Gasteiger partial charge is 0.303 e. The van der Waals surface area contributed by atoms with Gasteiger partial charge in [0.15, 0.2) is 0 Å². The van der Waals surface area contributed by atoms with Crippen molar-refractivity contribution < 1.29 is 47.9 Å². The minimum Gasteiger partial charge on any atom is -0.481 e. The van der Waals surface area contributed by atoms with Crippen molar-refractivity contribution in [2.75, 3.05) is 6.54 Å². The van der Waals surface area contributed by atoms with E-state index in [0.29, 0.717) is 30.6 Å². The fourth-order valence-electron chi connectivity index (χ4n) is 5.61. The highest BCUT2D eigenvalue weighted by atomic mass is 16.4. The molecule has 0 bridgehead atoms. The monoisotopic (exact) mass is 784 g/mol. The molecule has 18 nitrogen and oxygen atoms in total. The number of amides is 7. The lowest BCUT2D eigenvalue weighted by Crippen LogP contribution is -2.60. The molecule has 1 heterocycles. The number of carbonyl (C=O) groups excluding carboxylic acids is 7. The van der Waals surface area contributed by atoms with Crippen LogP contribution < -0.4 is 43.4 Å². The molecule has 0 aliphatic carbocycles. The van der Waals surface area contributed by atoms with Gasteiger partial charge in [0.2, 0.25) is 41.4 Å². The van der Waals surface area contributed by atoms with Crippen LogP contribution in [0.3, 0.4) is 0 Å². The van der Waals surface area contributed by atoms with Gasteiger partial charge in [-0.1, -0.05) is 50.6 Å². The van der Waals surface area contributed by atoms with Gasteiger partial charge in [0, 0.05) is 26.2 Å². The SMILES string of the molecule is CC[C@H](C)[C@H](NC(C)=O)C(=O)N[C@@H](CCC(=O)O)C(=O)N[C@@H](CCCCN)C(=O)N[C@@H](Cc1ccccc1)C(=O)N[C@@H](C)C(=O)N[C@@H](Cc1ccco1)C(N)=O. The first-order chi connectivity index (χ1) is 26.6. The number of hydrogen-bond acceptors (Lipinski definition) is 10. The first kappa shape index (κ1) is 46.4. The van der Waals surface area contributed by atoms with Crippen LogP contribution in [0.25, 0.3) is 0 Å². The molecule has 56 heavy (non-hydrogen) atoms. The maximum atomic E-state index is 13.9. The van der Waals surface area contributed by atoms with E-state index in [0.717, 1.165) is 0 Å². The Morgan fingerprint density at radius 1 is 0.696 bits per heavy atom.